The van der Waals surface area contributed by atoms with Gasteiger partial charge in [0.1, 0.15) is 0 Å². The van der Waals surface area contributed by atoms with Crippen molar-refractivity contribution in [1.29, 1.82) is 0 Å². The highest BCUT2D eigenvalue weighted by molar-refractivity contribution is 7.92. The van der Waals surface area contributed by atoms with Gasteiger partial charge < -0.3 is 25.0 Å². The fourth-order valence-corrected chi connectivity index (χ4v) is 6.23. The Morgan fingerprint density at radius 1 is 1.15 bits per heavy atom. The lowest BCUT2D eigenvalue weighted by Gasteiger charge is -2.25. The quantitative estimate of drug-likeness (QED) is 0.279. The molecule has 0 bridgehead atoms. The fraction of sp³-hybridized carbons (Fsp3) is 0.483. The van der Waals surface area contributed by atoms with Crippen LogP contribution in [0.25, 0.3) is 10.9 Å². The summed E-state index contributed by atoms with van der Waals surface area (Å²) in [7, 11) is -1.96. The normalized spacial score (nSPS) is 16.2. The van der Waals surface area contributed by atoms with Gasteiger partial charge in [-0.2, -0.15) is 0 Å². The number of hydrogen-bond donors (Lipinski definition) is 3. The van der Waals surface area contributed by atoms with Crippen LogP contribution in [-0.4, -0.2) is 75.2 Å². The van der Waals surface area contributed by atoms with Crippen molar-refractivity contribution in [2.45, 2.75) is 51.8 Å². The molecule has 0 saturated heterocycles. The van der Waals surface area contributed by atoms with Crippen LogP contribution in [0.5, 0.6) is 0 Å². The molecule has 0 spiro atoms. The molecule has 1 aromatic heterocycles. The fourth-order valence-electron chi connectivity index (χ4n) is 5.03. The number of rotatable bonds is 13. The van der Waals surface area contributed by atoms with Crippen LogP contribution in [0, 0.1) is 0 Å². The van der Waals surface area contributed by atoms with Crippen LogP contribution in [-0.2, 0) is 34.1 Å². The molecule has 0 unspecified atom stereocenters. The zero-order valence-electron chi connectivity index (χ0n) is 23.0. The molecule has 2 atom stereocenters. The van der Waals surface area contributed by atoms with Gasteiger partial charge in [-0.05, 0) is 49.4 Å². The van der Waals surface area contributed by atoms with Gasteiger partial charge in [-0.25, -0.2) is 8.42 Å². The highest BCUT2D eigenvalue weighted by Crippen LogP contribution is 2.36. The molecule has 9 nitrogen and oxygen atoms in total. The van der Waals surface area contributed by atoms with E-state index in [-0.39, 0.29) is 11.7 Å². The Balaban J connectivity index is 1.60. The molecule has 4 rings (SSSR count). The van der Waals surface area contributed by atoms with E-state index in [1.165, 1.54) is 4.31 Å². The number of benzene rings is 2. The molecule has 1 amide bonds. The van der Waals surface area contributed by atoms with Gasteiger partial charge in [-0.3, -0.25) is 9.10 Å². The largest absolute Gasteiger partial charge is 0.390 e. The number of nitrogens with zero attached hydrogens (tertiary/aromatic N) is 2. The maximum atomic E-state index is 13.6. The Labute approximate surface area is 231 Å². The lowest BCUT2D eigenvalue weighted by molar-refractivity contribution is 0.0818. The number of ether oxygens (including phenoxy) is 1. The van der Waals surface area contributed by atoms with Crippen molar-refractivity contribution in [1.82, 2.24) is 15.2 Å². The summed E-state index contributed by atoms with van der Waals surface area (Å²) in [5, 5.41) is 18.2. The van der Waals surface area contributed by atoms with E-state index < -0.39 is 22.2 Å². The van der Waals surface area contributed by atoms with Gasteiger partial charge in [0.25, 0.3) is 5.91 Å². The lowest BCUT2D eigenvalue weighted by atomic mass is 10.00. The third-order valence-corrected chi connectivity index (χ3v) is 8.98. The van der Waals surface area contributed by atoms with Gasteiger partial charge in [-0.15, -0.1) is 0 Å². The number of nitrogens with one attached hydrogen (secondary N) is 2. The molecule has 10 heteroatoms. The van der Waals surface area contributed by atoms with E-state index in [9.17, 15) is 18.3 Å². The van der Waals surface area contributed by atoms with Gasteiger partial charge >= 0.3 is 0 Å². The average molecular weight is 557 g/mol. The summed E-state index contributed by atoms with van der Waals surface area (Å²) in [6.45, 7) is 6.91. The number of sulfonamides is 1. The number of hydrogen-bond acceptors (Lipinski definition) is 6. The van der Waals surface area contributed by atoms with E-state index in [0.717, 1.165) is 28.5 Å². The number of aryl methyl sites for hydroxylation is 2. The van der Waals surface area contributed by atoms with Crippen LogP contribution in [0.3, 0.4) is 0 Å². The number of aliphatic hydroxyl groups is 1. The molecular weight excluding hydrogens is 516 g/mol. The van der Waals surface area contributed by atoms with Gasteiger partial charge in [-0.1, -0.05) is 37.3 Å². The van der Waals surface area contributed by atoms with Crippen LogP contribution in [0.1, 0.15) is 41.8 Å². The minimum absolute atomic E-state index is 0.0182. The van der Waals surface area contributed by atoms with E-state index in [0.29, 0.717) is 56.9 Å². The zero-order chi connectivity index (χ0) is 28.0. The third-order valence-electron chi connectivity index (χ3n) is 7.23. The van der Waals surface area contributed by atoms with Crippen molar-refractivity contribution in [3.63, 3.8) is 0 Å². The molecule has 2 heterocycles. The second-order valence-corrected chi connectivity index (χ2v) is 12.1. The van der Waals surface area contributed by atoms with Gasteiger partial charge in [0, 0.05) is 50.4 Å². The molecule has 1 aliphatic rings. The Morgan fingerprint density at radius 2 is 1.92 bits per heavy atom. The number of aromatic nitrogens is 1. The van der Waals surface area contributed by atoms with Gasteiger partial charge in [0.15, 0.2) is 0 Å². The molecule has 1 aliphatic heterocycles. The monoisotopic (exact) mass is 556 g/mol. The number of carbonyl (C=O) groups excluding carboxylic acids is 1. The van der Waals surface area contributed by atoms with E-state index >= 15 is 0 Å². The molecule has 0 aliphatic carbocycles. The highest BCUT2D eigenvalue weighted by Gasteiger charge is 2.29. The van der Waals surface area contributed by atoms with Crippen LogP contribution < -0.4 is 14.9 Å². The van der Waals surface area contributed by atoms with Crippen LogP contribution >= 0.6 is 0 Å². The van der Waals surface area contributed by atoms with Crippen LogP contribution in [0.2, 0.25) is 0 Å². The minimum atomic E-state index is -3.51. The summed E-state index contributed by atoms with van der Waals surface area (Å²) in [6.07, 6.45) is 2.96. The SMILES string of the molecule is CCCOCCNC[C@@H](O)[C@H](Cc1ccccc1)NC(=O)c1cc2c3c(cn(CC)c3c1)CCS(=O)(=O)N2C. The van der Waals surface area contributed by atoms with Gasteiger partial charge in [0.2, 0.25) is 10.0 Å². The molecule has 212 valence electrons. The minimum Gasteiger partial charge on any atom is -0.390 e. The van der Waals surface area contributed by atoms with Crippen LogP contribution in [0.4, 0.5) is 5.69 Å². The van der Waals surface area contributed by atoms with Gasteiger partial charge in [0.05, 0.1) is 35.7 Å². The summed E-state index contributed by atoms with van der Waals surface area (Å²) in [5.74, 6) is -0.343. The molecule has 0 fully saturated rings. The molecule has 0 radical (unpaired) electrons. The summed E-state index contributed by atoms with van der Waals surface area (Å²) in [5.41, 5.74) is 3.64. The van der Waals surface area contributed by atoms with Crippen molar-refractivity contribution in [2.75, 3.05) is 43.4 Å². The summed E-state index contributed by atoms with van der Waals surface area (Å²) in [6, 6.07) is 12.6. The van der Waals surface area contributed by atoms with E-state index in [4.69, 9.17) is 4.74 Å². The standard InChI is InChI=1S/C29H40N4O5S/c1-4-13-38-14-12-30-19-27(34)24(16-21-9-7-6-8-10-21)31-29(35)23-17-25-28-22(11-15-39(36,37)32(25)3)20-33(5-2)26(28)18-23/h6-10,17-18,20,24,27,30,34H,4-5,11-16,19H2,1-3H3,(H,31,35)/t24-,27+/m0/s1. The summed E-state index contributed by atoms with van der Waals surface area (Å²) >= 11 is 0. The van der Waals surface area contributed by atoms with Crippen molar-refractivity contribution >= 4 is 32.5 Å². The Kier molecular flexibility index (Phi) is 9.66. The average Bonchev–Trinajstić information content (AvgIpc) is 3.26. The number of carbonyl (C=O) groups is 1. The second kappa shape index (κ2) is 13.0. The number of amides is 1. The van der Waals surface area contributed by atoms with Crippen molar-refractivity contribution in [2.24, 2.45) is 0 Å². The van der Waals surface area contributed by atoms with E-state index in [2.05, 4.69) is 22.1 Å². The zero-order valence-corrected chi connectivity index (χ0v) is 23.8. The van der Waals surface area contributed by atoms with Crippen LogP contribution in [0.15, 0.2) is 48.7 Å². The second-order valence-electron chi connectivity index (χ2n) is 10.0. The Morgan fingerprint density at radius 3 is 2.64 bits per heavy atom. The molecular formula is C29H40N4O5S. The number of aliphatic hydroxyl groups excluding tert-OH is 1. The highest BCUT2D eigenvalue weighted by atomic mass is 32.2. The van der Waals surface area contributed by atoms with E-state index in [1.54, 1.807) is 13.1 Å². The first-order valence-corrected chi connectivity index (χ1v) is 15.3. The topological polar surface area (TPSA) is 113 Å². The number of anilines is 1. The van der Waals surface area contributed by atoms with E-state index in [1.807, 2.05) is 49.5 Å². The Bertz CT molecular complexity index is 1370. The molecule has 2 aromatic carbocycles. The molecule has 3 N–H and O–H groups in total. The predicted molar refractivity (Wildman–Crippen MR) is 155 cm³/mol. The van der Waals surface area contributed by atoms with Crippen molar-refractivity contribution in [3.8, 4) is 0 Å². The predicted octanol–water partition coefficient (Wildman–Crippen LogP) is 2.70. The smallest absolute Gasteiger partial charge is 0.251 e. The summed E-state index contributed by atoms with van der Waals surface area (Å²) < 4.78 is 34.6. The molecule has 39 heavy (non-hydrogen) atoms. The molecule has 0 saturated carbocycles. The summed E-state index contributed by atoms with van der Waals surface area (Å²) in [4.78, 5) is 13.6. The lowest BCUT2D eigenvalue weighted by Crippen LogP contribution is -2.49. The first-order valence-electron chi connectivity index (χ1n) is 13.7. The Hall–Kier alpha value is -2.92. The van der Waals surface area contributed by atoms with Crippen molar-refractivity contribution in [3.05, 3.63) is 65.4 Å². The maximum absolute atomic E-state index is 13.6. The first kappa shape index (κ1) is 29.1. The third kappa shape index (κ3) is 6.81. The maximum Gasteiger partial charge on any atom is 0.251 e. The first-order chi connectivity index (χ1) is 18.7. The molecule has 3 aromatic rings. The van der Waals surface area contributed by atoms with Crippen molar-refractivity contribution < 1.29 is 23.1 Å².